The number of amides is 2. The maximum absolute atomic E-state index is 12.2. The van der Waals surface area contributed by atoms with Crippen molar-refractivity contribution in [2.75, 3.05) is 51.3 Å². The Balaban J connectivity index is 1.84. The summed E-state index contributed by atoms with van der Waals surface area (Å²) in [6.07, 6.45) is 0. The van der Waals surface area contributed by atoms with Gasteiger partial charge in [-0.05, 0) is 31.2 Å². The van der Waals surface area contributed by atoms with Crippen molar-refractivity contribution in [2.24, 2.45) is 0 Å². The van der Waals surface area contributed by atoms with Gasteiger partial charge in [-0.15, -0.1) is 0 Å². The molecule has 1 aliphatic heterocycles. The summed E-state index contributed by atoms with van der Waals surface area (Å²) < 4.78 is 5.30. The van der Waals surface area contributed by atoms with Gasteiger partial charge in [0.1, 0.15) is 0 Å². The quantitative estimate of drug-likeness (QED) is 0.745. The normalized spacial score (nSPS) is 14.8. The van der Waals surface area contributed by atoms with Gasteiger partial charge in [0.05, 0.1) is 19.8 Å². The van der Waals surface area contributed by atoms with Crippen molar-refractivity contribution in [2.45, 2.75) is 13.8 Å². The average Bonchev–Trinajstić information content (AvgIpc) is 2.59. The van der Waals surface area contributed by atoms with Gasteiger partial charge in [-0.2, -0.15) is 0 Å². The first-order chi connectivity index (χ1) is 12.0. The maximum atomic E-state index is 12.2. The number of carbonyl (C=O) groups is 3. The van der Waals surface area contributed by atoms with Crippen LogP contribution in [-0.2, 0) is 14.3 Å². The van der Waals surface area contributed by atoms with Gasteiger partial charge >= 0.3 is 0 Å². The van der Waals surface area contributed by atoms with Crippen LogP contribution in [0.15, 0.2) is 24.3 Å². The molecule has 0 aromatic heterocycles. The SMILES string of the molecule is CC(=O)c1ccc(NC(=O)CN(CCN2CCOCC2)C(C)=O)cc1. The first-order valence-corrected chi connectivity index (χ1v) is 8.42. The molecule has 7 heteroatoms. The van der Waals surface area contributed by atoms with Crippen LogP contribution in [0.5, 0.6) is 0 Å². The molecule has 7 nitrogen and oxygen atoms in total. The van der Waals surface area contributed by atoms with Gasteiger partial charge in [0, 0.05) is 44.4 Å². The van der Waals surface area contributed by atoms with E-state index in [-0.39, 0.29) is 24.1 Å². The highest BCUT2D eigenvalue weighted by molar-refractivity contribution is 5.96. The van der Waals surface area contributed by atoms with Crippen molar-refractivity contribution in [3.05, 3.63) is 29.8 Å². The van der Waals surface area contributed by atoms with E-state index in [4.69, 9.17) is 4.74 Å². The van der Waals surface area contributed by atoms with E-state index in [0.29, 0.717) is 31.0 Å². The molecule has 2 amide bonds. The lowest BCUT2D eigenvalue weighted by molar-refractivity contribution is -0.133. The number of carbonyl (C=O) groups excluding carboxylic acids is 3. The van der Waals surface area contributed by atoms with E-state index in [1.165, 1.54) is 18.7 Å². The van der Waals surface area contributed by atoms with E-state index in [2.05, 4.69) is 10.2 Å². The fraction of sp³-hybridized carbons (Fsp3) is 0.500. The van der Waals surface area contributed by atoms with Crippen LogP contribution in [0.25, 0.3) is 0 Å². The van der Waals surface area contributed by atoms with Gasteiger partial charge in [0.25, 0.3) is 0 Å². The van der Waals surface area contributed by atoms with Crippen molar-refractivity contribution in [3.63, 3.8) is 0 Å². The molecule has 0 aliphatic carbocycles. The Labute approximate surface area is 147 Å². The van der Waals surface area contributed by atoms with Crippen molar-refractivity contribution in [1.29, 1.82) is 0 Å². The lowest BCUT2D eigenvalue weighted by Crippen LogP contribution is -2.44. The predicted molar refractivity (Wildman–Crippen MR) is 94.6 cm³/mol. The molecule has 0 spiro atoms. The summed E-state index contributed by atoms with van der Waals surface area (Å²) in [6.45, 7) is 7.30. The zero-order valence-electron chi connectivity index (χ0n) is 14.8. The lowest BCUT2D eigenvalue weighted by atomic mass is 10.1. The molecule has 1 aromatic carbocycles. The zero-order valence-corrected chi connectivity index (χ0v) is 14.8. The highest BCUT2D eigenvalue weighted by Crippen LogP contribution is 2.10. The highest BCUT2D eigenvalue weighted by Gasteiger charge is 2.17. The minimum Gasteiger partial charge on any atom is -0.379 e. The van der Waals surface area contributed by atoms with Crippen LogP contribution < -0.4 is 5.32 Å². The Kier molecular flexibility index (Phi) is 7.09. The van der Waals surface area contributed by atoms with E-state index in [0.717, 1.165) is 19.6 Å². The van der Waals surface area contributed by atoms with Gasteiger partial charge in [-0.1, -0.05) is 0 Å². The second-order valence-electron chi connectivity index (χ2n) is 6.08. The summed E-state index contributed by atoms with van der Waals surface area (Å²) in [5, 5.41) is 2.75. The molecule has 1 heterocycles. The van der Waals surface area contributed by atoms with Crippen LogP contribution in [0.1, 0.15) is 24.2 Å². The van der Waals surface area contributed by atoms with Crippen molar-refractivity contribution < 1.29 is 19.1 Å². The van der Waals surface area contributed by atoms with Crippen molar-refractivity contribution in [3.8, 4) is 0 Å². The largest absolute Gasteiger partial charge is 0.379 e. The predicted octanol–water partition coefficient (Wildman–Crippen LogP) is 1.01. The van der Waals surface area contributed by atoms with E-state index in [1.54, 1.807) is 24.3 Å². The topological polar surface area (TPSA) is 79.0 Å². The van der Waals surface area contributed by atoms with Gasteiger partial charge in [-0.3, -0.25) is 19.3 Å². The fourth-order valence-corrected chi connectivity index (χ4v) is 2.60. The Hall–Kier alpha value is -2.25. The molecule has 25 heavy (non-hydrogen) atoms. The third-order valence-corrected chi connectivity index (χ3v) is 4.14. The summed E-state index contributed by atoms with van der Waals surface area (Å²) in [6, 6.07) is 6.69. The number of anilines is 1. The number of benzene rings is 1. The summed E-state index contributed by atoms with van der Waals surface area (Å²) in [5.74, 6) is -0.410. The molecule has 0 atom stereocenters. The molecule has 1 fully saturated rings. The zero-order chi connectivity index (χ0) is 18.2. The molecule has 2 rings (SSSR count). The number of rotatable bonds is 7. The smallest absolute Gasteiger partial charge is 0.243 e. The second-order valence-corrected chi connectivity index (χ2v) is 6.08. The van der Waals surface area contributed by atoms with E-state index in [1.807, 2.05) is 0 Å². The van der Waals surface area contributed by atoms with Gasteiger partial charge in [-0.25, -0.2) is 0 Å². The molecular weight excluding hydrogens is 322 g/mol. The summed E-state index contributed by atoms with van der Waals surface area (Å²) in [4.78, 5) is 39.0. The molecule has 1 N–H and O–H groups in total. The molecule has 1 aromatic rings. The molecule has 1 saturated heterocycles. The molecule has 136 valence electrons. The highest BCUT2D eigenvalue weighted by atomic mass is 16.5. The Morgan fingerprint density at radius 3 is 2.32 bits per heavy atom. The van der Waals surface area contributed by atoms with Crippen LogP contribution in [0.2, 0.25) is 0 Å². The molecule has 1 aliphatic rings. The maximum Gasteiger partial charge on any atom is 0.243 e. The number of ether oxygens (including phenoxy) is 1. The van der Waals surface area contributed by atoms with Crippen molar-refractivity contribution >= 4 is 23.3 Å². The number of ketones is 1. The third kappa shape index (κ3) is 6.28. The van der Waals surface area contributed by atoms with Crippen molar-refractivity contribution in [1.82, 2.24) is 9.80 Å². The first kappa shape index (κ1) is 19.1. The third-order valence-electron chi connectivity index (χ3n) is 4.14. The Morgan fingerprint density at radius 1 is 1.12 bits per heavy atom. The summed E-state index contributed by atoms with van der Waals surface area (Å²) >= 11 is 0. The molecular formula is C18H25N3O4. The Bertz CT molecular complexity index is 609. The molecule has 0 bridgehead atoms. The molecule has 0 saturated carbocycles. The first-order valence-electron chi connectivity index (χ1n) is 8.42. The monoisotopic (exact) mass is 347 g/mol. The fourth-order valence-electron chi connectivity index (χ4n) is 2.60. The lowest BCUT2D eigenvalue weighted by Gasteiger charge is -2.29. The summed E-state index contributed by atoms with van der Waals surface area (Å²) in [7, 11) is 0. The van der Waals surface area contributed by atoms with Crippen LogP contribution in [-0.4, -0.2) is 73.3 Å². The van der Waals surface area contributed by atoms with Crippen LogP contribution >= 0.6 is 0 Å². The van der Waals surface area contributed by atoms with Crippen LogP contribution in [0.4, 0.5) is 5.69 Å². The van der Waals surface area contributed by atoms with Crippen LogP contribution in [0.3, 0.4) is 0 Å². The standard InChI is InChI=1S/C18H25N3O4/c1-14(22)16-3-5-17(6-4-16)19-18(24)13-21(15(2)23)8-7-20-9-11-25-12-10-20/h3-6H,7-13H2,1-2H3,(H,19,24). The minimum atomic E-state index is -0.257. The average molecular weight is 347 g/mol. The summed E-state index contributed by atoms with van der Waals surface area (Å²) in [5.41, 5.74) is 1.19. The molecule has 0 unspecified atom stereocenters. The number of hydrogen-bond acceptors (Lipinski definition) is 5. The number of hydrogen-bond donors (Lipinski definition) is 1. The number of morpholine rings is 1. The van der Waals surface area contributed by atoms with E-state index < -0.39 is 0 Å². The number of nitrogens with one attached hydrogen (secondary N) is 1. The minimum absolute atomic E-state index is 0.00807. The Morgan fingerprint density at radius 2 is 1.76 bits per heavy atom. The van der Waals surface area contributed by atoms with Gasteiger partial charge in [0.2, 0.25) is 11.8 Å². The van der Waals surface area contributed by atoms with E-state index >= 15 is 0 Å². The van der Waals surface area contributed by atoms with Crippen LogP contribution in [0, 0.1) is 0 Å². The second kappa shape index (κ2) is 9.29. The van der Waals surface area contributed by atoms with Gasteiger partial charge < -0.3 is 15.0 Å². The number of Topliss-reactive ketones (excluding diaryl/α,β-unsaturated/α-hetero) is 1. The molecule has 0 radical (unpaired) electrons. The van der Waals surface area contributed by atoms with E-state index in [9.17, 15) is 14.4 Å². The number of nitrogens with zero attached hydrogens (tertiary/aromatic N) is 2. The van der Waals surface area contributed by atoms with Gasteiger partial charge in [0.15, 0.2) is 5.78 Å².